The van der Waals surface area contributed by atoms with Gasteiger partial charge in [0.1, 0.15) is 5.82 Å². The van der Waals surface area contributed by atoms with Crippen molar-refractivity contribution in [1.29, 1.82) is 0 Å². The number of rotatable bonds is 9. The molecule has 7 heteroatoms. The van der Waals surface area contributed by atoms with Gasteiger partial charge in [0.25, 0.3) is 0 Å². The Kier molecular flexibility index (Phi) is 8.57. The van der Waals surface area contributed by atoms with Crippen LogP contribution >= 0.6 is 23.5 Å². The Balaban J connectivity index is 2.01. The van der Waals surface area contributed by atoms with Crippen molar-refractivity contribution < 1.29 is 9.50 Å². The standard InChI is InChI=1S/C19H30FN3OS2/c1-4-21-18(23-13-19(24)9-8-17(19)26-5-2)22-11-14-6-7-16(20)10-15(14)12-25-3/h6-7,10,17,24H,4-5,8-9,11-13H2,1-3H3,(H2,21,22,23). The molecule has 0 spiro atoms. The van der Waals surface area contributed by atoms with Gasteiger partial charge in [-0.3, -0.25) is 0 Å². The summed E-state index contributed by atoms with van der Waals surface area (Å²) >= 11 is 3.49. The summed E-state index contributed by atoms with van der Waals surface area (Å²) in [5.74, 6) is 2.26. The molecule has 1 aliphatic rings. The highest BCUT2D eigenvalue weighted by molar-refractivity contribution is 8.00. The molecule has 0 aromatic heterocycles. The summed E-state index contributed by atoms with van der Waals surface area (Å²) < 4.78 is 13.5. The summed E-state index contributed by atoms with van der Waals surface area (Å²) in [5.41, 5.74) is 1.35. The predicted octanol–water partition coefficient (Wildman–Crippen LogP) is 3.39. The Morgan fingerprint density at radius 3 is 2.77 bits per heavy atom. The van der Waals surface area contributed by atoms with E-state index in [0.29, 0.717) is 24.3 Å². The second kappa shape index (κ2) is 10.4. The first kappa shape index (κ1) is 21.4. The van der Waals surface area contributed by atoms with Crippen molar-refractivity contribution in [1.82, 2.24) is 10.6 Å². The minimum atomic E-state index is -0.656. The van der Waals surface area contributed by atoms with Gasteiger partial charge in [-0.1, -0.05) is 13.0 Å². The second-order valence-corrected chi connectivity index (χ2v) is 8.83. The molecule has 0 bridgehead atoms. The van der Waals surface area contributed by atoms with Gasteiger partial charge in [-0.05, 0) is 55.0 Å². The SMILES string of the molecule is CCNC(=NCc1ccc(F)cc1CSC)NCC1(O)CCC1SCC. The molecule has 2 unspecified atom stereocenters. The van der Waals surface area contributed by atoms with E-state index in [-0.39, 0.29) is 5.82 Å². The minimum Gasteiger partial charge on any atom is -0.387 e. The number of nitrogens with zero attached hydrogens (tertiary/aromatic N) is 1. The number of halogens is 1. The second-order valence-electron chi connectivity index (χ2n) is 6.48. The van der Waals surface area contributed by atoms with Crippen molar-refractivity contribution in [2.45, 2.75) is 49.8 Å². The Labute approximate surface area is 164 Å². The van der Waals surface area contributed by atoms with Gasteiger partial charge < -0.3 is 15.7 Å². The molecule has 2 rings (SSSR count). The molecular weight excluding hydrogens is 369 g/mol. The van der Waals surface area contributed by atoms with Crippen LogP contribution in [0.1, 0.15) is 37.8 Å². The number of aliphatic imine (C=N–C) groups is 1. The molecule has 1 aromatic rings. The maximum absolute atomic E-state index is 13.5. The highest BCUT2D eigenvalue weighted by Crippen LogP contribution is 2.40. The van der Waals surface area contributed by atoms with E-state index in [2.05, 4.69) is 22.5 Å². The Morgan fingerprint density at radius 2 is 2.15 bits per heavy atom. The summed E-state index contributed by atoms with van der Waals surface area (Å²) in [4.78, 5) is 4.63. The lowest BCUT2D eigenvalue weighted by Gasteiger charge is -2.45. The molecule has 0 aliphatic heterocycles. The van der Waals surface area contributed by atoms with Crippen molar-refractivity contribution in [3.8, 4) is 0 Å². The molecule has 1 saturated carbocycles. The van der Waals surface area contributed by atoms with Crippen LogP contribution in [0.3, 0.4) is 0 Å². The third kappa shape index (κ3) is 5.79. The number of guanidine groups is 1. The van der Waals surface area contributed by atoms with E-state index in [0.717, 1.165) is 42.0 Å². The van der Waals surface area contributed by atoms with Gasteiger partial charge >= 0.3 is 0 Å². The van der Waals surface area contributed by atoms with Crippen LogP contribution in [0.25, 0.3) is 0 Å². The Morgan fingerprint density at radius 1 is 1.35 bits per heavy atom. The zero-order chi connectivity index (χ0) is 19.0. The molecule has 146 valence electrons. The average molecular weight is 400 g/mol. The fraction of sp³-hybridized carbons (Fsp3) is 0.632. The number of aliphatic hydroxyl groups is 1. The zero-order valence-electron chi connectivity index (χ0n) is 15.8. The van der Waals surface area contributed by atoms with Gasteiger partial charge in [0.05, 0.1) is 12.1 Å². The van der Waals surface area contributed by atoms with Crippen molar-refractivity contribution in [2.75, 3.05) is 25.1 Å². The third-order valence-electron chi connectivity index (χ3n) is 4.59. The summed E-state index contributed by atoms with van der Waals surface area (Å²) in [6.45, 7) is 5.87. The van der Waals surface area contributed by atoms with Gasteiger partial charge in [-0.15, -0.1) is 0 Å². The zero-order valence-corrected chi connectivity index (χ0v) is 17.5. The molecule has 0 amide bonds. The van der Waals surface area contributed by atoms with Crippen molar-refractivity contribution in [3.05, 3.63) is 35.1 Å². The van der Waals surface area contributed by atoms with Crippen LogP contribution in [0.4, 0.5) is 4.39 Å². The summed E-state index contributed by atoms with van der Waals surface area (Å²) in [6, 6.07) is 4.88. The smallest absolute Gasteiger partial charge is 0.191 e. The maximum Gasteiger partial charge on any atom is 0.191 e. The lowest BCUT2D eigenvalue weighted by atomic mass is 9.79. The quantitative estimate of drug-likeness (QED) is 0.439. The summed E-state index contributed by atoms with van der Waals surface area (Å²) in [6.07, 6.45) is 3.90. The van der Waals surface area contributed by atoms with Crippen LogP contribution in [0.2, 0.25) is 0 Å². The maximum atomic E-state index is 13.5. The van der Waals surface area contributed by atoms with E-state index in [1.54, 1.807) is 23.9 Å². The van der Waals surface area contributed by atoms with E-state index in [4.69, 9.17) is 0 Å². The molecule has 1 aliphatic carbocycles. The molecule has 1 fully saturated rings. The first-order valence-corrected chi connectivity index (χ1v) is 11.6. The topological polar surface area (TPSA) is 56.7 Å². The minimum absolute atomic E-state index is 0.210. The van der Waals surface area contributed by atoms with E-state index in [9.17, 15) is 9.50 Å². The van der Waals surface area contributed by atoms with Crippen molar-refractivity contribution in [3.63, 3.8) is 0 Å². The number of thioether (sulfide) groups is 2. The van der Waals surface area contributed by atoms with Crippen LogP contribution in [-0.4, -0.2) is 47.0 Å². The number of hydrogen-bond acceptors (Lipinski definition) is 4. The summed E-state index contributed by atoms with van der Waals surface area (Å²) in [5, 5.41) is 17.5. The first-order valence-electron chi connectivity index (χ1n) is 9.14. The normalized spacial score (nSPS) is 22.8. The Hall–Kier alpha value is -0.920. The monoisotopic (exact) mass is 399 g/mol. The predicted molar refractivity (Wildman–Crippen MR) is 113 cm³/mol. The molecule has 4 nitrogen and oxygen atoms in total. The molecule has 0 radical (unpaired) electrons. The summed E-state index contributed by atoms with van der Waals surface area (Å²) in [7, 11) is 0. The van der Waals surface area contributed by atoms with Crippen LogP contribution in [0.5, 0.6) is 0 Å². The van der Waals surface area contributed by atoms with Crippen LogP contribution in [-0.2, 0) is 12.3 Å². The molecule has 26 heavy (non-hydrogen) atoms. The van der Waals surface area contributed by atoms with E-state index in [1.165, 1.54) is 6.07 Å². The number of nitrogens with one attached hydrogen (secondary N) is 2. The lowest BCUT2D eigenvalue weighted by Crippen LogP contribution is -2.58. The third-order valence-corrected chi connectivity index (χ3v) is 6.60. The van der Waals surface area contributed by atoms with Gasteiger partial charge in [-0.2, -0.15) is 23.5 Å². The van der Waals surface area contributed by atoms with Gasteiger partial charge in [-0.25, -0.2) is 9.38 Å². The van der Waals surface area contributed by atoms with Gasteiger partial charge in [0.2, 0.25) is 0 Å². The van der Waals surface area contributed by atoms with Gasteiger partial charge in [0, 0.05) is 24.1 Å². The fourth-order valence-electron chi connectivity index (χ4n) is 3.02. The Bertz CT molecular complexity index is 614. The highest BCUT2D eigenvalue weighted by Gasteiger charge is 2.45. The van der Waals surface area contributed by atoms with Crippen molar-refractivity contribution >= 4 is 29.5 Å². The van der Waals surface area contributed by atoms with Crippen LogP contribution in [0, 0.1) is 5.82 Å². The fourth-order valence-corrected chi connectivity index (χ4v) is 4.80. The molecule has 0 heterocycles. The average Bonchev–Trinajstić information content (AvgIpc) is 2.62. The number of hydrogen-bond donors (Lipinski definition) is 3. The first-order chi connectivity index (χ1) is 12.5. The largest absolute Gasteiger partial charge is 0.387 e. The highest BCUT2D eigenvalue weighted by atomic mass is 32.2. The van der Waals surface area contributed by atoms with E-state index >= 15 is 0 Å². The lowest BCUT2D eigenvalue weighted by molar-refractivity contribution is -0.0198. The molecule has 0 saturated heterocycles. The van der Waals surface area contributed by atoms with Crippen LogP contribution < -0.4 is 10.6 Å². The van der Waals surface area contributed by atoms with Crippen molar-refractivity contribution in [2.24, 2.45) is 4.99 Å². The molecular formula is C19H30FN3OS2. The van der Waals surface area contributed by atoms with E-state index < -0.39 is 5.60 Å². The molecule has 3 N–H and O–H groups in total. The van der Waals surface area contributed by atoms with Gasteiger partial charge in [0.15, 0.2) is 5.96 Å². The molecule has 1 aromatic carbocycles. The molecule has 2 atom stereocenters. The van der Waals surface area contributed by atoms with Crippen LogP contribution in [0.15, 0.2) is 23.2 Å². The van der Waals surface area contributed by atoms with E-state index in [1.807, 2.05) is 24.9 Å². The number of benzene rings is 1.